The Kier molecular flexibility index (Phi) is 3.43. The minimum Gasteiger partial charge on any atom is -0.497 e. The molecule has 0 aliphatic heterocycles. The van der Waals surface area contributed by atoms with Crippen molar-refractivity contribution >= 4 is 0 Å². The third-order valence-electron chi connectivity index (χ3n) is 2.70. The van der Waals surface area contributed by atoms with E-state index in [4.69, 9.17) is 4.74 Å². The maximum absolute atomic E-state index is 5.34. The highest BCUT2D eigenvalue weighted by molar-refractivity contribution is 5.38. The van der Waals surface area contributed by atoms with Crippen LogP contribution >= 0.6 is 0 Å². The Morgan fingerprint density at radius 3 is 2.07 bits per heavy atom. The van der Waals surface area contributed by atoms with E-state index in [1.807, 2.05) is 0 Å². The summed E-state index contributed by atoms with van der Waals surface area (Å²) in [6, 6.07) is 6.54. The van der Waals surface area contributed by atoms with E-state index in [-0.39, 0.29) is 5.41 Å². The van der Waals surface area contributed by atoms with Crippen LogP contribution in [0.1, 0.15) is 51.7 Å². The minimum absolute atomic E-state index is 0.179. The van der Waals surface area contributed by atoms with E-state index < -0.39 is 0 Å². The zero-order valence-corrected chi connectivity index (χ0v) is 10.7. The summed E-state index contributed by atoms with van der Waals surface area (Å²) in [5.41, 5.74) is 2.86. The Balaban J connectivity index is 3.23. The van der Waals surface area contributed by atoms with E-state index in [2.05, 4.69) is 52.8 Å². The average molecular weight is 206 g/mol. The fourth-order valence-electron chi connectivity index (χ4n) is 1.51. The Morgan fingerprint density at radius 2 is 1.67 bits per heavy atom. The summed E-state index contributed by atoms with van der Waals surface area (Å²) in [6.07, 6.45) is 0. The summed E-state index contributed by atoms with van der Waals surface area (Å²) in [6.45, 7) is 11.1. The van der Waals surface area contributed by atoms with Crippen LogP contribution in [-0.2, 0) is 5.41 Å². The van der Waals surface area contributed by atoms with E-state index >= 15 is 0 Å². The van der Waals surface area contributed by atoms with Crippen LogP contribution in [0.15, 0.2) is 18.2 Å². The largest absolute Gasteiger partial charge is 0.497 e. The highest BCUT2D eigenvalue weighted by Crippen LogP contribution is 2.30. The molecule has 0 aliphatic rings. The van der Waals surface area contributed by atoms with Crippen molar-refractivity contribution < 1.29 is 4.74 Å². The van der Waals surface area contributed by atoms with Gasteiger partial charge in [-0.15, -0.1) is 0 Å². The Bertz CT molecular complexity index is 332. The third kappa shape index (κ3) is 2.98. The smallest absolute Gasteiger partial charge is 0.119 e. The van der Waals surface area contributed by atoms with Crippen LogP contribution in [0.5, 0.6) is 5.75 Å². The Labute approximate surface area is 93.5 Å². The normalized spacial score (nSPS) is 11.9. The highest BCUT2D eigenvalue weighted by atomic mass is 16.5. The number of methoxy groups -OCH3 is 1. The molecule has 0 saturated carbocycles. The van der Waals surface area contributed by atoms with E-state index in [1.165, 1.54) is 11.1 Å². The predicted molar refractivity (Wildman–Crippen MR) is 65.8 cm³/mol. The summed E-state index contributed by atoms with van der Waals surface area (Å²) in [5.74, 6) is 1.51. The molecule has 84 valence electrons. The monoisotopic (exact) mass is 206 g/mol. The fraction of sp³-hybridized carbons (Fsp3) is 0.571. The van der Waals surface area contributed by atoms with Crippen molar-refractivity contribution in [2.24, 2.45) is 0 Å². The van der Waals surface area contributed by atoms with Gasteiger partial charge in [0.2, 0.25) is 0 Å². The van der Waals surface area contributed by atoms with Gasteiger partial charge in [-0.3, -0.25) is 0 Å². The quantitative estimate of drug-likeness (QED) is 0.707. The van der Waals surface area contributed by atoms with Crippen molar-refractivity contribution in [1.82, 2.24) is 0 Å². The molecule has 1 nitrogen and oxygen atoms in total. The van der Waals surface area contributed by atoms with Crippen molar-refractivity contribution in [3.05, 3.63) is 29.3 Å². The molecule has 0 heterocycles. The van der Waals surface area contributed by atoms with Crippen molar-refractivity contribution in [1.29, 1.82) is 0 Å². The summed E-state index contributed by atoms with van der Waals surface area (Å²) >= 11 is 0. The van der Waals surface area contributed by atoms with Crippen molar-refractivity contribution in [2.45, 2.75) is 46.0 Å². The lowest BCUT2D eigenvalue weighted by Crippen LogP contribution is -2.12. The van der Waals surface area contributed by atoms with Crippen molar-refractivity contribution in [3.63, 3.8) is 0 Å². The first kappa shape index (κ1) is 12.1. The molecular weight excluding hydrogens is 184 g/mol. The summed E-state index contributed by atoms with van der Waals surface area (Å²) in [7, 11) is 1.73. The lowest BCUT2D eigenvalue weighted by atomic mass is 9.84. The second-order valence-corrected chi connectivity index (χ2v) is 5.40. The van der Waals surface area contributed by atoms with Gasteiger partial charge in [0.15, 0.2) is 0 Å². The van der Waals surface area contributed by atoms with Crippen LogP contribution in [0.3, 0.4) is 0 Å². The van der Waals surface area contributed by atoms with Crippen LogP contribution in [0.2, 0.25) is 0 Å². The molecule has 0 fully saturated rings. The number of hydrogen-bond acceptors (Lipinski definition) is 1. The minimum atomic E-state index is 0.179. The topological polar surface area (TPSA) is 9.23 Å². The zero-order chi connectivity index (χ0) is 11.6. The molecule has 0 unspecified atom stereocenters. The number of hydrogen-bond donors (Lipinski definition) is 0. The number of rotatable bonds is 2. The van der Waals surface area contributed by atoms with Gasteiger partial charge in [0.1, 0.15) is 5.75 Å². The first-order chi connectivity index (χ1) is 6.84. The van der Waals surface area contributed by atoms with Gasteiger partial charge >= 0.3 is 0 Å². The van der Waals surface area contributed by atoms with E-state index in [0.717, 1.165) is 5.75 Å². The van der Waals surface area contributed by atoms with Gasteiger partial charge in [0, 0.05) is 0 Å². The molecule has 0 spiro atoms. The van der Waals surface area contributed by atoms with Gasteiger partial charge in [0.05, 0.1) is 7.11 Å². The van der Waals surface area contributed by atoms with Crippen LogP contribution in [0.25, 0.3) is 0 Å². The van der Waals surface area contributed by atoms with Gasteiger partial charge in [-0.2, -0.15) is 0 Å². The number of ether oxygens (including phenoxy) is 1. The first-order valence-corrected chi connectivity index (χ1v) is 5.54. The molecule has 1 aromatic carbocycles. The molecule has 1 aromatic rings. The lowest BCUT2D eigenvalue weighted by molar-refractivity contribution is 0.411. The standard InChI is InChI=1S/C14H22O/c1-10(2)11-7-12(14(3,4)5)9-13(8-11)15-6/h7-10H,1-6H3. The van der Waals surface area contributed by atoms with Gasteiger partial charge in [-0.05, 0) is 34.6 Å². The molecule has 1 heteroatoms. The summed E-state index contributed by atoms with van der Waals surface area (Å²) in [4.78, 5) is 0. The van der Waals surface area contributed by atoms with Crippen molar-refractivity contribution in [3.8, 4) is 5.75 Å². The molecule has 1 rings (SSSR count). The molecule has 0 radical (unpaired) electrons. The third-order valence-corrected chi connectivity index (χ3v) is 2.70. The molecule has 15 heavy (non-hydrogen) atoms. The molecule has 0 amide bonds. The maximum Gasteiger partial charge on any atom is 0.119 e. The second kappa shape index (κ2) is 4.26. The van der Waals surface area contributed by atoms with Crippen LogP contribution in [-0.4, -0.2) is 7.11 Å². The van der Waals surface area contributed by atoms with Gasteiger partial charge in [0.25, 0.3) is 0 Å². The van der Waals surface area contributed by atoms with E-state index in [0.29, 0.717) is 5.92 Å². The van der Waals surface area contributed by atoms with Gasteiger partial charge in [-0.1, -0.05) is 40.7 Å². The predicted octanol–water partition coefficient (Wildman–Crippen LogP) is 4.12. The molecule has 0 N–H and O–H groups in total. The van der Waals surface area contributed by atoms with Crippen LogP contribution in [0.4, 0.5) is 0 Å². The second-order valence-electron chi connectivity index (χ2n) is 5.40. The maximum atomic E-state index is 5.34. The van der Waals surface area contributed by atoms with Gasteiger partial charge in [-0.25, -0.2) is 0 Å². The van der Waals surface area contributed by atoms with Crippen LogP contribution in [0, 0.1) is 0 Å². The first-order valence-electron chi connectivity index (χ1n) is 5.54. The molecule has 0 atom stereocenters. The molecule has 0 aromatic heterocycles. The summed E-state index contributed by atoms with van der Waals surface area (Å²) < 4.78 is 5.34. The van der Waals surface area contributed by atoms with E-state index in [9.17, 15) is 0 Å². The molecule has 0 aliphatic carbocycles. The highest BCUT2D eigenvalue weighted by Gasteiger charge is 2.16. The SMILES string of the molecule is COc1cc(C(C)C)cc(C(C)(C)C)c1. The average Bonchev–Trinajstić information content (AvgIpc) is 2.15. The molecule has 0 saturated heterocycles. The summed E-state index contributed by atoms with van der Waals surface area (Å²) in [5, 5.41) is 0. The molecule has 0 bridgehead atoms. The van der Waals surface area contributed by atoms with Crippen molar-refractivity contribution in [2.75, 3.05) is 7.11 Å². The molecular formula is C14H22O. The fourth-order valence-corrected chi connectivity index (χ4v) is 1.51. The Morgan fingerprint density at radius 1 is 1.07 bits per heavy atom. The Hall–Kier alpha value is -0.980. The zero-order valence-electron chi connectivity index (χ0n) is 10.7. The van der Waals surface area contributed by atoms with Gasteiger partial charge < -0.3 is 4.74 Å². The number of benzene rings is 1. The van der Waals surface area contributed by atoms with Crippen LogP contribution < -0.4 is 4.74 Å². The van der Waals surface area contributed by atoms with E-state index in [1.54, 1.807) is 7.11 Å². The lowest BCUT2D eigenvalue weighted by Gasteiger charge is -2.21.